The van der Waals surface area contributed by atoms with Crippen LogP contribution < -0.4 is 10.6 Å². The second kappa shape index (κ2) is 9.36. The Labute approximate surface area is 161 Å². The number of amides is 1. The van der Waals surface area contributed by atoms with Crippen molar-refractivity contribution in [2.75, 3.05) is 33.4 Å². The van der Waals surface area contributed by atoms with E-state index >= 15 is 0 Å². The van der Waals surface area contributed by atoms with Crippen LogP contribution >= 0.6 is 23.7 Å². The number of methoxy groups -OCH3 is 1. The Morgan fingerprint density at radius 2 is 1.96 bits per heavy atom. The summed E-state index contributed by atoms with van der Waals surface area (Å²) < 4.78 is 5.41. The fraction of sp³-hybridized carbons (Fsp3) is 0.737. The number of rotatable bonds is 6. The average molecular weight is 387 g/mol. The summed E-state index contributed by atoms with van der Waals surface area (Å²) in [5, 5.41) is 8.85. The molecule has 2 fully saturated rings. The number of thiophene rings is 1. The second-order valence-corrected chi connectivity index (χ2v) is 8.41. The molecule has 25 heavy (non-hydrogen) atoms. The molecule has 4 nitrogen and oxygen atoms in total. The Morgan fingerprint density at radius 3 is 2.56 bits per heavy atom. The summed E-state index contributed by atoms with van der Waals surface area (Å²) in [7, 11) is 1.70. The van der Waals surface area contributed by atoms with Crippen LogP contribution in [0.25, 0.3) is 0 Å². The van der Waals surface area contributed by atoms with Gasteiger partial charge in [-0.1, -0.05) is 25.3 Å². The Hall–Kier alpha value is -0.620. The summed E-state index contributed by atoms with van der Waals surface area (Å²) in [6.45, 7) is 3.08. The predicted molar refractivity (Wildman–Crippen MR) is 106 cm³/mol. The van der Waals surface area contributed by atoms with Crippen LogP contribution in [0, 0.1) is 5.41 Å². The molecule has 0 spiro atoms. The lowest BCUT2D eigenvalue weighted by Crippen LogP contribution is -2.52. The van der Waals surface area contributed by atoms with Gasteiger partial charge in [0.15, 0.2) is 0 Å². The molecule has 0 atom stereocenters. The van der Waals surface area contributed by atoms with Crippen molar-refractivity contribution in [2.24, 2.45) is 5.41 Å². The molecule has 1 aromatic rings. The van der Waals surface area contributed by atoms with E-state index in [-0.39, 0.29) is 29.1 Å². The molecular weight excluding hydrogens is 356 g/mol. The lowest BCUT2D eigenvalue weighted by Gasteiger charge is -2.40. The molecule has 0 bridgehead atoms. The molecule has 6 heteroatoms. The third kappa shape index (κ3) is 4.57. The molecule has 1 aliphatic carbocycles. The SMILES string of the molecule is COCC1(C(=O)NCC2(c3cccs3)CCCCC2)CCNCC1.Cl. The number of ether oxygens (including phenoxy) is 1. The van der Waals surface area contributed by atoms with Gasteiger partial charge in [-0.3, -0.25) is 4.79 Å². The van der Waals surface area contributed by atoms with E-state index in [0.717, 1.165) is 32.5 Å². The van der Waals surface area contributed by atoms with Crippen molar-refractivity contribution in [2.45, 2.75) is 50.4 Å². The maximum atomic E-state index is 13.0. The van der Waals surface area contributed by atoms with Gasteiger partial charge < -0.3 is 15.4 Å². The lowest BCUT2D eigenvalue weighted by atomic mass is 9.72. The number of hydrogen-bond acceptors (Lipinski definition) is 4. The minimum absolute atomic E-state index is 0. The Balaban J connectivity index is 0.00000225. The molecule has 1 saturated carbocycles. The average Bonchev–Trinajstić information content (AvgIpc) is 3.17. The quantitative estimate of drug-likeness (QED) is 0.786. The highest BCUT2D eigenvalue weighted by molar-refractivity contribution is 7.10. The van der Waals surface area contributed by atoms with Gasteiger partial charge in [-0.05, 0) is 50.2 Å². The smallest absolute Gasteiger partial charge is 0.228 e. The third-order valence-electron chi connectivity index (χ3n) is 5.90. The van der Waals surface area contributed by atoms with Crippen LogP contribution in [0.2, 0.25) is 0 Å². The maximum absolute atomic E-state index is 13.0. The molecule has 2 heterocycles. The van der Waals surface area contributed by atoms with Crippen LogP contribution in [0.1, 0.15) is 49.8 Å². The van der Waals surface area contributed by atoms with Crippen LogP contribution in [0.5, 0.6) is 0 Å². The monoisotopic (exact) mass is 386 g/mol. The Kier molecular flexibility index (Phi) is 7.74. The molecule has 2 aliphatic rings. The number of halogens is 1. The highest BCUT2D eigenvalue weighted by Gasteiger charge is 2.41. The molecule has 0 unspecified atom stereocenters. The fourth-order valence-electron chi connectivity index (χ4n) is 4.37. The van der Waals surface area contributed by atoms with Gasteiger partial charge in [0.1, 0.15) is 0 Å². The number of carbonyl (C=O) groups is 1. The van der Waals surface area contributed by atoms with Crippen molar-refractivity contribution in [3.05, 3.63) is 22.4 Å². The first-order chi connectivity index (χ1) is 11.7. The van der Waals surface area contributed by atoms with Gasteiger partial charge in [-0.2, -0.15) is 0 Å². The normalized spacial score (nSPS) is 22.0. The Bertz CT molecular complexity index is 518. The van der Waals surface area contributed by atoms with Gasteiger partial charge in [0.05, 0.1) is 12.0 Å². The van der Waals surface area contributed by atoms with E-state index in [0.29, 0.717) is 6.61 Å². The standard InChI is InChI=1S/C19H30N2O2S.ClH/c1-23-15-19(9-11-20-12-10-19)17(22)21-14-18(7-3-2-4-8-18)16-6-5-13-24-16;/h5-6,13,20H,2-4,7-12,14-15H2,1H3,(H,21,22);1H. The zero-order valence-corrected chi connectivity index (χ0v) is 16.8. The molecule has 1 saturated heterocycles. The van der Waals surface area contributed by atoms with Crippen LogP contribution in [-0.4, -0.2) is 39.3 Å². The van der Waals surface area contributed by atoms with Gasteiger partial charge in [-0.15, -0.1) is 23.7 Å². The van der Waals surface area contributed by atoms with Crippen LogP contribution in [-0.2, 0) is 14.9 Å². The molecule has 1 amide bonds. The van der Waals surface area contributed by atoms with Crippen molar-refractivity contribution in [3.8, 4) is 0 Å². The number of nitrogens with one attached hydrogen (secondary N) is 2. The topological polar surface area (TPSA) is 50.4 Å². The van der Waals surface area contributed by atoms with Crippen molar-refractivity contribution in [1.29, 1.82) is 0 Å². The summed E-state index contributed by atoms with van der Waals surface area (Å²) >= 11 is 1.84. The summed E-state index contributed by atoms with van der Waals surface area (Å²) in [5.74, 6) is 0.187. The first kappa shape index (κ1) is 20.7. The van der Waals surface area contributed by atoms with Gasteiger partial charge in [0.2, 0.25) is 5.91 Å². The van der Waals surface area contributed by atoms with Gasteiger partial charge >= 0.3 is 0 Å². The van der Waals surface area contributed by atoms with Gasteiger partial charge in [0.25, 0.3) is 0 Å². The molecular formula is C19H31ClN2O2S. The minimum atomic E-state index is -0.356. The second-order valence-electron chi connectivity index (χ2n) is 7.46. The molecule has 1 aliphatic heterocycles. The van der Waals surface area contributed by atoms with Crippen molar-refractivity contribution in [3.63, 3.8) is 0 Å². The first-order valence-electron chi connectivity index (χ1n) is 9.23. The largest absolute Gasteiger partial charge is 0.384 e. The van der Waals surface area contributed by atoms with E-state index < -0.39 is 0 Å². The summed E-state index contributed by atoms with van der Waals surface area (Å²) in [6, 6.07) is 4.38. The molecule has 142 valence electrons. The highest BCUT2D eigenvalue weighted by atomic mass is 35.5. The summed E-state index contributed by atoms with van der Waals surface area (Å²) in [5.41, 5.74) is -0.214. The van der Waals surface area contributed by atoms with Crippen LogP contribution in [0.15, 0.2) is 17.5 Å². The van der Waals surface area contributed by atoms with Gasteiger partial charge in [-0.25, -0.2) is 0 Å². The summed E-state index contributed by atoms with van der Waals surface area (Å²) in [4.78, 5) is 14.5. The lowest BCUT2D eigenvalue weighted by molar-refractivity contribution is -0.136. The Morgan fingerprint density at radius 1 is 1.24 bits per heavy atom. The maximum Gasteiger partial charge on any atom is 0.228 e. The van der Waals surface area contributed by atoms with E-state index in [4.69, 9.17) is 4.74 Å². The summed E-state index contributed by atoms with van der Waals surface area (Å²) in [6.07, 6.45) is 7.94. The molecule has 3 rings (SSSR count). The zero-order chi connectivity index (χ0) is 16.9. The van der Waals surface area contributed by atoms with Gasteiger partial charge in [0, 0.05) is 23.9 Å². The molecule has 2 N–H and O–H groups in total. The number of carbonyl (C=O) groups excluding carboxylic acids is 1. The van der Waals surface area contributed by atoms with E-state index in [9.17, 15) is 4.79 Å². The van der Waals surface area contributed by atoms with Crippen molar-refractivity contribution in [1.82, 2.24) is 10.6 Å². The molecule has 0 radical (unpaired) electrons. The predicted octanol–water partition coefficient (Wildman–Crippen LogP) is 3.50. The third-order valence-corrected chi connectivity index (χ3v) is 7.02. The van der Waals surface area contributed by atoms with Crippen LogP contribution in [0.3, 0.4) is 0 Å². The number of piperidine rings is 1. The highest BCUT2D eigenvalue weighted by Crippen LogP contribution is 2.41. The van der Waals surface area contributed by atoms with Crippen molar-refractivity contribution >= 4 is 29.7 Å². The van der Waals surface area contributed by atoms with E-state index in [2.05, 4.69) is 28.1 Å². The van der Waals surface area contributed by atoms with E-state index in [1.165, 1.54) is 37.0 Å². The zero-order valence-electron chi connectivity index (χ0n) is 15.1. The minimum Gasteiger partial charge on any atom is -0.384 e. The van der Waals surface area contributed by atoms with Crippen molar-refractivity contribution < 1.29 is 9.53 Å². The molecule has 0 aromatic carbocycles. The molecule has 1 aromatic heterocycles. The van der Waals surface area contributed by atoms with E-state index in [1.807, 2.05) is 11.3 Å². The van der Waals surface area contributed by atoms with Crippen LogP contribution in [0.4, 0.5) is 0 Å². The van der Waals surface area contributed by atoms with E-state index in [1.54, 1.807) is 7.11 Å². The fourth-order valence-corrected chi connectivity index (χ4v) is 5.36. The first-order valence-corrected chi connectivity index (χ1v) is 10.1. The number of hydrogen-bond donors (Lipinski definition) is 2.